The molecule has 0 saturated carbocycles. The van der Waals surface area contributed by atoms with Crippen molar-refractivity contribution in [2.45, 2.75) is 32.5 Å². The number of aliphatic hydroxyl groups excluding tert-OH is 1. The van der Waals surface area contributed by atoms with Crippen LogP contribution in [0.4, 0.5) is 0 Å². The van der Waals surface area contributed by atoms with Gasteiger partial charge in [-0.05, 0) is 37.1 Å². The maximum atomic E-state index is 10.6. The van der Waals surface area contributed by atoms with Crippen LogP contribution in [-0.2, 0) is 4.74 Å². The highest BCUT2D eigenvalue weighted by Gasteiger charge is 2.30. The van der Waals surface area contributed by atoms with Crippen LogP contribution in [0, 0.1) is 0 Å². The van der Waals surface area contributed by atoms with Crippen molar-refractivity contribution in [2.75, 3.05) is 6.61 Å². The van der Waals surface area contributed by atoms with Crippen molar-refractivity contribution in [3.05, 3.63) is 48.0 Å². The molecule has 2 nitrogen and oxygen atoms in total. The summed E-state index contributed by atoms with van der Waals surface area (Å²) in [6.07, 6.45) is -0.636. The summed E-state index contributed by atoms with van der Waals surface area (Å²) in [6, 6.07) is 14.1. The van der Waals surface area contributed by atoms with Crippen molar-refractivity contribution in [3.63, 3.8) is 0 Å². The first-order chi connectivity index (χ1) is 8.56. The van der Waals surface area contributed by atoms with E-state index in [2.05, 4.69) is 12.1 Å². The molecule has 1 N–H and O–H groups in total. The van der Waals surface area contributed by atoms with E-state index >= 15 is 0 Å². The molecule has 0 spiro atoms. The van der Waals surface area contributed by atoms with Gasteiger partial charge in [-0.15, -0.1) is 0 Å². The molecule has 0 aliphatic heterocycles. The van der Waals surface area contributed by atoms with Gasteiger partial charge >= 0.3 is 0 Å². The van der Waals surface area contributed by atoms with Crippen molar-refractivity contribution >= 4 is 10.8 Å². The van der Waals surface area contributed by atoms with Crippen LogP contribution in [0.25, 0.3) is 10.8 Å². The molecule has 0 aromatic heterocycles. The largest absolute Gasteiger partial charge is 0.385 e. The van der Waals surface area contributed by atoms with Gasteiger partial charge in [-0.25, -0.2) is 0 Å². The molecule has 96 valence electrons. The van der Waals surface area contributed by atoms with Gasteiger partial charge in [0.1, 0.15) is 6.10 Å². The summed E-state index contributed by atoms with van der Waals surface area (Å²) in [6.45, 7) is 6.37. The molecule has 0 saturated heterocycles. The number of rotatable bonds is 4. The van der Waals surface area contributed by atoms with Crippen LogP contribution in [0.3, 0.4) is 0 Å². The standard InChI is InChI=1S/C16H20O2/c1-4-18-16(2,3)15(17)14-11-7-9-12-8-5-6-10-13(12)14/h5-11,15,17H,4H2,1-3H3. The second kappa shape index (κ2) is 5.09. The zero-order valence-electron chi connectivity index (χ0n) is 11.2. The Morgan fingerprint density at radius 1 is 1.11 bits per heavy atom. The van der Waals surface area contributed by atoms with Crippen molar-refractivity contribution in [2.24, 2.45) is 0 Å². The van der Waals surface area contributed by atoms with Crippen LogP contribution < -0.4 is 0 Å². The SMILES string of the molecule is CCOC(C)(C)C(O)c1cccc2ccccc12. The number of ether oxygens (including phenoxy) is 1. The van der Waals surface area contributed by atoms with Gasteiger partial charge in [-0.1, -0.05) is 42.5 Å². The Hall–Kier alpha value is -1.38. The van der Waals surface area contributed by atoms with E-state index in [0.29, 0.717) is 6.61 Å². The summed E-state index contributed by atoms with van der Waals surface area (Å²) in [5, 5.41) is 12.8. The van der Waals surface area contributed by atoms with E-state index in [9.17, 15) is 5.11 Å². The number of fused-ring (bicyclic) bond motifs is 1. The minimum absolute atomic E-state index is 0.584. The minimum Gasteiger partial charge on any atom is -0.385 e. The third-order valence-electron chi connectivity index (χ3n) is 3.29. The van der Waals surface area contributed by atoms with Crippen molar-refractivity contribution in [1.29, 1.82) is 0 Å². The fraction of sp³-hybridized carbons (Fsp3) is 0.375. The Morgan fingerprint density at radius 3 is 2.50 bits per heavy atom. The molecule has 2 rings (SSSR count). The van der Waals surface area contributed by atoms with Crippen LogP contribution in [0.15, 0.2) is 42.5 Å². The maximum absolute atomic E-state index is 10.6. The average molecular weight is 244 g/mol. The summed E-state index contributed by atoms with van der Waals surface area (Å²) < 4.78 is 5.64. The van der Waals surface area contributed by atoms with Crippen molar-refractivity contribution < 1.29 is 9.84 Å². The fourth-order valence-electron chi connectivity index (χ4n) is 2.31. The van der Waals surface area contributed by atoms with E-state index in [1.54, 1.807) is 0 Å². The Morgan fingerprint density at radius 2 is 1.78 bits per heavy atom. The van der Waals surface area contributed by atoms with Gasteiger partial charge in [-0.2, -0.15) is 0 Å². The Kier molecular flexibility index (Phi) is 3.69. The molecule has 0 heterocycles. The lowest BCUT2D eigenvalue weighted by Gasteiger charge is -2.31. The minimum atomic E-state index is -0.636. The summed E-state index contributed by atoms with van der Waals surface area (Å²) in [5.41, 5.74) is 0.338. The predicted molar refractivity (Wildman–Crippen MR) is 74.6 cm³/mol. The molecular formula is C16H20O2. The summed E-state index contributed by atoms with van der Waals surface area (Å²) >= 11 is 0. The van der Waals surface area contributed by atoms with Crippen LogP contribution in [0.1, 0.15) is 32.4 Å². The topological polar surface area (TPSA) is 29.5 Å². The number of hydrogen-bond acceptors (Lipinski definition) is 2. The van der Waals surface area contributed by atoms with E-state index in [-0.39, 0.29) is 0 Å². The maximum Gasteiger partial charge on any atom is 0.108 e. The van der Waals surface area contributed by atoms with Gasteiger partial charge in [-0.3, -0.25) is 0 Å². The Labute approximate surface area is 108 Å². The number of aliphatic hydroxyl groups is 1. The molecule has 0 fully saturated rings. The van der Waals surface area contributed by atoms with Gasteiger partial charge in [0.05, 0.1) is 5.60 Å². The zero-order chi connectivity index (χ0) is 13.2. The Bertz CT molecular complexity index is 526. The first-order valence-electron chi connectivity index (χ1n) is 6.36. The second-order valence-corrected chi connectivity index (χ2v) is 5.01. The summed E-state index contributed by atoms with van der Waals surface area (Å²) in [4.78, 5) is 0. The molecule has 18 heavy (non-hydrogen) atoms. The van der Waals surface area contributed by atoms with Gasteiger partial charge in [0.2, 0.25) is 0 Å². The van der Waals surface area contributed by atoms with E-state index in [0.717, 1.165) is 16.3 Å². The molecular weight excluding hydrogens is 224 g/mol. The van der Waals surface area contributed by atoms with Gasteiger partial charge in [0, 0.05) is 6.61 Å². The van der Waals surface area contributed by atoms with Gasteiger partial charge in [0.25, 0.3) is 0 Å². The van der Waals surface area contributed by atoms with Crippen molar-refractivity contribution in [1.82, 2.24) is 0 Å². The highest BCUT2D eigenvalue weighted by atomic mass is 16.5. The van der Waals surface area contributed by atoms with Crippen LogP contribution in [0.2, 0.25) is 0 Å². The van der Waals surface area contributed by atoms with E-state index < -0.39 is 11.7 Å². The molecule has 0 aliphatic rings. The van der Waals surface area contributed by atoms with E-state index in [1.807, 2.05) is 51.1 Å². The molecule has 0 bridgehead atoms. The predicted octanol–water partition coefficient (Wildman–Crippen LogP) is 3.69. The molecule has 2 heteroatoms. The van der Waals surface area contributed by atoms with E-state index in [1.165, 1.54) is 0 Å². The zero-order valence-corrected chi connectivity index (χ0v) is 11.2. The lowest BCUT2D eigenvalue weighted by Crippen LogP contribution is -2.32. The fourth-order valence-corrected chi connectivity index (χ4v) is 2.31. The molecule has 0 amide bonds. The first kappa shape index (κ1) is 13.1. The lowest BCUT2D eigenvalue weighted by molar-refractivity contribution is -0.0978. The molecule has 2 aromatic rings. The quantitative estimate of drug-likeness (QED) is 0.888. The summed E-state index contributed by atoms with van der Waals surface area (Å²) in [5.74, 6) is 0. The highest BCUT2D eigenvalue weighted by Crippen LogP contribution is 2.33. The molecule has 1 atom stereocenters. The molecule has 2 aromatic carbocycles. The molecule has 0 aliphatic carbocycles. The van der Waals surface area contributed by atoms with Crippen molar-refractivity contribution in [3.8, 4) is 0 Å². The number of benzene rings is 2. The third-order valence-corrected chi connectivity index (χ3v) is 3.29. The monoisotopic (exact) mass is 244 g/mol. The lowest BCUT2D eigenvalue weighted by atomic mass is 9.91. The number of hydrogen-bond donors (Lipinski definition) is 1. The average Bonchev–Trinajstić information content (AvgIpc) is 2.37. The van der Waals surface area contributed by atoms with Crippen LogP contribution >= 0.6 is 0 Å². The van der Waals surface area contributed by atoms with Gasteiger partial charge < -0.3 is 9.84 Å². The highest BCUT2D eigenvalue weighted by molar-refractivity contribution is 5.86. The third kappa shape index (κ3) is 2.40. The summed E-state index contributed by atoms with van der Waals surface area (Å²) in [7, 11) is 0. The normalized spacial score (nSPS) is 13.8. The van der Waals surface area contributed by atoms with Gasteiger partial charge in [0.15, 0.2) is 0 Å². The smallest absolute Gasteiger partial charge is 0.108 e. The van der Waals surface area contributed by atoms with Crippen LogP contribution in [-0.4, -0.2) is 17.3 Å². The second-order valence-electron chi connectivity index (χ2n) is 5.01. The molecule has 1 unspecified atom stereocenters. The molecule has 0 radical (unpaired) electrons. The first-order valence-corrected chi connectivity index (χ1v) is 6.36. The Balaban J connectivity index is 2.48. The van der Waals surface area contributed by atoms with Crippen LogP contribution in [0.5, 0.6) is 0 Å². The van der Waals surface area contributed by atoms with E-state index in [4.69, 9.17) is 4.74 Å².